The van der Waals surface area contributed by atoms with Gasteiger partial charge in [0.1, 0.15) is 0 Å². The quantitative estimate of drug-likeness (QED) is 0.835. The Hall–Kier alpha value is -1.69. The molecule has 2 N–H and O–H groups in total. The third-order valence-corrected chi connectivity index (χ3v) is 4.12. The van der Waals surface area contributed by atoms with Crippen LogP contribution in [0.2, 0.25) is 0 Å². The first kappa shape index (κ1) is 15.7. The van der Waals surface area contributed by atoms with Crippen molar-refractivity contribution < 1.29 is 9.90 Å². The lowest BCUT2D eigenvalue weighted by atomic mass is 9.80. The molecule has 1 fully saturated rings. The first-order valence-electron chi connectivity index (χ1n) is 7.54. The van der Waals surface area contributed by atoms with Crippen molar-refractivity contribution >= 4 is 11.9 Å². The Bertz CT molecular complexity index is 467. The minimum absolute atomic E-state index is 0.569. The first-order chi connectivity index (χ1) is 10.0. The van der Waals surface area contributed by atoms with Gasteiger partial charge in [0.05, 0.1) is 5.41 Å². The number of aliphatic carboxylic acids is 1. The Balaban J connectivity index is 1.84. The van der Waals surface area contributed by atoms with Crippen LogP contribution in [0.4, 0.5) is 5.95 Å². The van der Waals surface area contributed by atoms with Gasteiger partial charge in [-0.1, -0.05) is 6.92 Å². The number of nitrogens with one attached hydrogen (secondary N) is 1. The molecule has 0 aliphatic carbocycles. The second kappa shape index (κ2) is 6.85. The molecule has 0 saturated carbocycles. The van der Waals surface area contributed by atoms with Gasteiger partial charge in [-0.05, 0) is 39.3 Å². The molecule has 0 radical (unpaired) electrons. The van der Waals surface area contributed by atoms with Crippen LogP contribution in [0.5, 0.6) is 0 Å². The van der Waals surface area contributed by atoms with Gasteiger partial charge < -0.3 is 10.4 Å². The van der Waals surface area contributed by atoms with Crippen LogP contribution >= 0.6 is 0 Å². The Morgan fingerprint density at radius 2 is 2.00 bits per heavy atom. The Morgan fingerprint density at radius 3 is 2.52 bits per heavy atom. The molecule has 1 aromatic heterocycles. The Morgan fingerprint density at radius 1 is 1.38 bits per heavy atom. The van der Waals surface area contributed by atoms with Crippen LogP contribution < -0.4 is 5.32 Å². The number of rotatable bonds is 6. The molecule has 116 valence electrons. The van der Waals surface area contributed by atoms with Crippen molar-refractivity contribution in [1.29, 1.82) is 0 Å². The number of aromatic nitrogens is 2. The van der Waals surface area contributed by atoms with Gasteiger partial charge in [-0.15, -0.1) is 0 Å². The number of nitrogens with zero attached hydrogens (tertiary/aromatic N) is 3. The van der Waals surface area contributed by atoms with Crippen LogP contribution in [0.1, 0.15) is 38.7 Å². The van der Waals surface area contributed by atoms with E-state index in [0.717, 1.165) is 38.2 Å². The summed E-state index contributed by atoms with van der Waals surface area (Å²) in [7, 11) is 0. The highest BCUT2D eigenvalue weighted by atomic mass is 16.4. The molecule has 0 unspecified atom stereocenters. The van der Waals surface area contributed by atoms with Crippen molar-refractivity contribution in [3.05, 3.63) is 18.0 Å². The van der Waals surface area contributed by atoms with E-state index in [1.165, 1.54) is 0 Å². The molecule has 0 spiro atoms. The van der Waals surface area contributed by atoms with Crippen molar-refractivity contribution in [2.24, 2.45) is 5.41 Å². The van der Waals surface area contributed by atoms with Crippen LogP contribution in [-0.4, -0.2) is 45.6 Å². The monoisotopic (exact) mass is 292 g/mol. The smallest absolute Gasteiger partial charge is 0.309 e. The lowest BCUT2D eigenvalue weighted by Crippen LogP contribution is -2.42. The summed E-state index contributed by atoms with van der Waals surface area (Å²) in [6.45, 7) is 7.20. The van der Waals surface area contributed by atoms with Gasteiger partial charge in [-0.2, -0.15) is 0 Å². The minimum Gasteiger partial charge on any atom is -0.481 e. The van der Waals surface area contributed by atoms with E-state index in [2.05, 4.69) is 27.1 Å². The zero-order chi connectivity index (χ0) is 15.3. The van der Waals surface area contributed by atoms with E-state index in [0.29, 0.717) is 18.8 Å². The molecule has 21 heavy (non-hydrogen) atoms. The number of carboxylic acids is 1. The van der Waals surface area contributed by atoms with E-state index in [-0.39, 0.29) is 0 Å². The molecule has 0 aromatic carbocycles. The highest BCUT2D eigenvalue weighted by molar-refractivity contribution is 5.74. The molecule has 1 aliphatic rings. The summed E-state index contributed by atoms with van der Waals surface area (Å²) in [4.78, 5) is 22.1. The van der Waals surface area contributed by atoms with Crippen molar-refractivity contribution in [3.8, 4) is 0 Å². The number of likely N-dealkylation sites (tertiary alicyclic amines) is 1. The predicted octanol–water partition coefficient (Wildman–Crippen LogP) is 1.99. The van der Waals surface area contributed by atoms with Gasteiger partial charge in [0, 0.05) is 31.0 Å². The van der Waals surface area contributed by atoms with Gasteiger partial charge in [0.15, 0.2) is 0 Å². The van der Waals surface area contributed by atoms with Gasteiger partial charge in [-0.25, -0.2) is 9.97 Å². The second-order valence-corrected chi connectivity index (χ2v) is 5.98. The molecule has 1 saturated heterocycles. The summed E-state index contributed by atoms with van der Waals surface area (Å²) in [6, 6.07) is 0. The average molecular weight is 292 g/mol. The number of hydrogen-bond acceptors (Lipinski definition) is 5. The van der Waals surface area contributed by atoms with Crippen molar-refractivity contribution in [2.45, 2.75) is 39.7 Å². The van der Waals surface area contributed by atoms with Crippen LogP contribution in [-0.2, 0) is 11.3 Å². The molecule has 0 atom stereocenters. The maximum atomic E-state index is 11.2. The second-order valence-electron chi connectivity index (χ2n) is 5.98. The predicted molar refractivity (Wildman–Crippen MR) is 81.1 cm³/mol. The van der Waals surface area contributed by atoms with Crippen LogP contribution in [0.25, 0.3) is 0 Å². The third-order valence-electron chi connectivity index (χ3n) is 4.12. The fourth-order valence-electron chi connectivity index (χ4n) is 2.44. The number of hydrogen-bond donors (Lipinski definition) is 2. The van der Waals surface area contributed by atoms with Crippen LogP contribution in [0.3, 0.4) is 0 Å². The summed E-state index contributed by atoms with van der Waals surface area (Å²) in [5, 5.41) is 12.4. The summed E-state index contributed by atoms with van der Waals surface area (Å²) >= 11 is 0. The van der Waals surface area contributed by atoms with Crippen LogP contribution in [0.15, 0.2) is 12.4 Å². The molecule has 0 bridgehead atoms. The normalized spacial score (nSPS) is 18.4. The van der Waals surface area contributed by atoms with Crippen LogP contribution in [0, 0.1) is 5.41 Å². The zero-order valence-corrected chi connectivity index (χ0v) is 12.8. The topological polar surface area (TPSA) is 78.4 Å². The van der Waals surface area contributed by atoms with Gasteiger partial charge in [0.2, 0.25) is 5.95 Å². The average Bonchev–Trinajstić information content (AvgIpc) is 2.49. The Labute approximate surface area is 125 Å². The Kier molecular flexibility index (Phi) is 5.12. The number of anilines is 1. The van der Waals surface area contributed by atoms with Crippen molar-refractivity contribution in [3.63, 3.8) is 0 Å². The minimum atomic E-state index is -0.683. The van der Waals surface area contributed by atoms with E-state index < -0.39 is 11.4 Å². The number of piperidine rings is 1. The molecular formula is C15H24N4O2. The van der Waals surface area contributed by atoms with Gasteiger partial charge in [0.25, 0.3) is 0 Å². The van der Waals surface area contributed by atoms with Crippen molar-refractivity contribution in [1.82, 2.24) is 14.9 Å². The molecule has 6 heteroatoms. The standard InChI is InChI=1S/C15H24N4O2/c1-3-6-16-14-17-9-12(10-18-14)11-19-7-4-15(2,5-8-19)13(20)21/h9-10H,3-8,11H2,1-2H3,(H,20,21)(H,16,17,18). The molecule has 2 heterocycles. The number of carboxylic acid groups (broad SMARTS) is 1. The number of carbonyl (C=O) groups is 1. The van der Waals surface area contributed by atoms with Crippen molar-refractivity contribution in [2.75, 3.05) is 25.0 Å². The van der Waals surface area contributed by atoms with E-state index >= 15 is 0 Å². The van der Waals surface area contributed by atoms with Gasteiger partial charge >= 0.3 is 5.97 Å². The molecule has 1 aliphatic heterocycles. The SMILES string of the molecule is CCCNc1ncc(CN2CCC(C)(C(=O)O)CC2)cn1. The summed E-state index contributed by atoms with van der Waals surface area (Å²) < 4.78 is 0. The lowest BCUT2D eigenvalue weighted by molar-refractivity contribution is -0.150. The lowest BCUT2D eigenvalue weighted by Gasteiger charge is -2.36. The molecular weight excluding hydrogens is 268 g/mol. The van der Waals surface area contributed by atoms with E-state index in [1.807, 2.05) is 19.3 Å². The molecule has 2 rings (SSSR count). The largest absolute Gasteiger partial charge is 0.481 e. The van der Waals surface area contributed by atoms with E-state index in [9.17, 15) is 9.90 Å². The highest BCUT2D eigenvalue weighted by Gasteiger charge is 2.36. The molecule has 6 nitrogen and oxygen atoms in total. The fourth-order valence-corrected chi connectivity index (χ4v) is 2.44. The molecule has 0 amide bonds. The van der Waals surface area contributed by atoms with E-state index in [4.69, 9.17) is 0 Å². The maximum absolute atomic E-state index is 11.2. The first-order valence-corrected chi connectivity index (χ1v) is 7.54. The fraction of sp³-hybridized carbons (Fsp3) is 0.667. The maximum Gasteiger partial charge on any atom is 0.309 e. The summed E-state index contributed by atoms with van der Waals surface area (Å²) in [5.74, 6) is -0.0190. The van der Waals surface area contributed by atoms with E-state index in [1.54, 1.807) is 0 Å². The zero-order valence-electron chi connectivity index (χ0n) is 12.8. The third kappa shape index (κ3) is 4.14. The summed E-state index contributed by atoms with van der Waals surface area (Å²) in [5.41, 5.74) is 0.497. The summed E-state index contributed by atoms with van der Waals surface area (Å²) in [6.07, 6.45) is 6.12. The van der Waals surface area contributed by atoms with Gasteiger partial charge in [-0.3, -0.25) is 9.69 Å². The molecule has 1 aromatic rings. The highest BCUT2D eigenvalue weighted by Crippen LogP contribution is 2.31.